The van der Waals surface area contributed by atoms with Crippen LogP contribution in [-0.2, 0) is 5.41 Å². The fourth-order valence-corrected chi connectivity index (χ4v) is 8.95. The number of hydrogen-bond donors (Lipinski definition) is 0. The van der Waals surface area contributed by atoms with Crippen molar-refractivity contribution >= 4 is 17.1 Å². The molecule has 0 bridgehead atoms. The van der Waals surface area contributed by atoms with E-state index in [9.17, 15) is 0 Å². The Labute approximate surface area is 329 Å². The van der Waals surface area contributed by atoms with Crippen molar-refractivity contribution in [2.75, 3.05) is 4.90 Å². The van der Waals surface area contributed by atoms with Crippen LogP contribution in [0.1, 0.15) is 158 Å². The van der Waals surface area contributed by atoms with Crippen molar-refractivity contribution in [2.24, 2.45) is 0 Å². The first-order chi connectivity index (χ1) is 26.4. The SMILES string of the molecule is CCCCCCCCC1(CCCCCCCC)c2cc(-c3ccc(N(c4ccc(C)cc4)c4ccc(C)cc4)cc3)ccc2-c2ccc(C(C)CC)cc21. The number of benzene rings is 5. The molecule has 0 N–H and O–H groups in total. The van der Waals surface area contributed by atoms with E-state index < -0.39 is 0 Å². The molecule has 1 aliphatic rings. The molecule has 0 aromatic heterocycles. The Hall–Kier alpha value is -4.10. The van der Waals surface area contributed by atoms with Gasteiger partial charge in [-0.25, -0.2) is 0 Å². The van der Waals surface area contributed by atoms with Gasteiger partial charge in [0.05, 0.1) is 0 Å². The number of hydrogen-bond acceptors (Lipinski definition) is 1. The van der Waals surface area contributed by atoms with Gasteiger partial charge in [-0.05, 0) is 120 Å². The van der Waals surface area contributed by atoms with Crippen LogP contribution < -0.4 is 4.90 Å². The maximum Gasteiger partial charge on any atom is 0.0462 e. The average molecular weight is 718 g/mol. The number of rotatable bonds is 20. The molecule has 1 heteroatoms. The molecule has 0 fully saturated rings. The quantitative estimate of drug-likeness (QED) is 0.0725. The Morgan fingerprint density at radius 2 is 0.889 bits per heavy atom. The van der Waals surface area contributed by atoms with Gasteiger partial charge < -0.3 is 4.90 Å². The lowest BCUT2D eigenvalue weighted by Crippen LogP contribution is -2.26. The molecule has 0 amide bonds. The lowest BCUT2D eigenvalue weighted by Gasteiger charge is -2.34. The summed E-state index contributed by atoms with van der Waals surface area (Å²) >= 11 is 0. The molecule has 0 spiro atoms. The second-order valence-corrected chi connectivity index (χ2v) is 16.5. The van der Waals surface area contributed by atoms with E-state index in [1.54, 1.807) is 11.1 Å². The standard InChI is InChI=1S/C53H67N/c1-7-10-12-14-16-18-36-53(37-19-17-15-13-11-8-2)51-38-44(42(6)9-3)26-34-49(51)50-35-27-45(39-52(50)53)43-24-32-48(33-25-43)54(46-28-20-40(4)21-29-46)47-30-22-41(5)23-31-47/h20-35,38-39,42H,7-19,36-37H2,1-6H3. The number of fused-ring (bicyclic) bond motifs is 3. The topological polar surface area (TPSA) is 3.24 Å². The lowest BCUT2D eigenvalue weighted by molar-refractivity contribution is 0.397. The van der Waals surface area contributed by atoms with E-state index in [1.165, 1.54) is 152 Å². The first-order valence-electron chi connectivity index (χ1n) is 21.7. The van der Waals surface area contributed by atoms with E-state index >= 15 is 0 Å². The predicted molar refractivity (Wildman–Crippen MR) is 237 cm³/mol. The van der Waals surface area contributed by atoms with Crippen molar-refractivity contribution in [3.63, 3.8) is 0 Å². The highest BCUT2D eigenvalue weighted by atomic mass is 15.1. The minimum Gasteiger partial charge on any atom is -0.311 e. The van der Waals surface area contributed by atoms with Crippen LogP contribution in [0.15, 0.2) is 109 Å². The van der Waals surface area contributed by atoms with Crippen molar-refractivity contribution < 1.29 is 0 Å². The van der Waals surface area contributed by atoms with Gasteiger partial charge >= 0.3 is 0 Å². The lowest BCUT2D eigenvalue weighted by atomic mass is 9.69. The Balaban J connectivity index is 1.38. The minimum absolute atomic E-state index is 0.0767. The van der Waals surface area contributed by atoms with E-state index in [-0.39, 0.29) is 5.41 Å². The average Bonchev–Trinajstić information content (AvgIpc) is 3.47. The maximum absolute atomic E-state index is 2.65. The minimum atomic E-state index is 0.0767. The molecule has 5 aromatic rings. The highest BCUT2D eigenvalue weighted by molar-refractivity contribution is 5.85. The molecule has 54 heavy (non-hydrogen) atoms. The first kappa shape index (κ1) is 39.6. The molecule has 6 rings (SSSR count). The first-order valence-corrected chi connectivity index (χ1v) is 21.7. The predicted octanol–water partition coefficient (Wildman–Crippen LogP) is 16.7. The molecule has 1 aliphatic carbocycles. The van der Waals surface area contributed by atoms with Crippen molar-refractivity contribution in [3.05, 3.63) is 137 Å². The van der Waals surface area contributed by atoms with Crippen molar-refractivity contribution in [1.82, 2.24) is 0 Å². The Kier molecular flexibility index (Phi) is 13.9. The largest absolute Gasteiger partial charge is 0.311 e. The molecular weight excluding hydrogens is 651 g/mol. The van der Waals surface area contributed by atoms with E-state index in [4.69, 9.17) is 0 Å². The monoisotopic (exact) mass is 718 g/mol. The second-order valence-electron chi connectivity index (χ2n) is 16.5. The fourth-order valence-electron chi connectivity index (χ4n) is 8.95. The fraction of sp³-hybridized carbons (Fsp3) is 0.434. The van der Waals surface area contributed by atoms with Crippen molar-refractivity contribution in [3.8, 4) is 22.3 Å². The van der Waals surface area contributed by atoms with Gasteiger partial charge in [0.2, 0.25) is 0 Å². The van der Waals surface area contributed by atoms with Gasteiger partial charge in [-0.2, -0.15) is 0 Å². The van der Waals surface area contributed by atoms with Gasteiger partial charge in [-0.15, -0.1) is 0 Å². The Bertz CT molecular complexity index is 1830. The van der Waals surface area contributed by atoms with Gasteiger partial charge in [0, 0.05) is 22.5 Å². The molecule has 5 aromatic carbocycles. The molecule has 0 saturated carbocycles. The summed E-state index contributed by atoms with van der Waals surface area (Å²) in [4.78, 5) is 2.38. The summed E-state index contributed by atoms with van der Waals surface area (Å²) in [7, 11) is 0. The van der Waals surface area contributed by atoms with Crippen molar-refractivity contribution in [1.29, 1.82) is 0 Å². The third-order valence-electron chi connectivity index (χ3n) is 12.5. The molecule has 1 nitrogen and oxygen atoms in total. The van der Waals surface area contributed by atoms with E-state index in [2.05, 4.69) is 156 Å². The summed E-state index contributed by atoms with van der Waals surface area (Å²) in [5, 5.41) is 0. The van der Waals surface area contributed by atoms with Crippen LogP contribution in [0.4, 0.5) is 17.1 Å². The zero-order chi connectivity index (χ0) is 37.9. The molecule has 0 saturated heterocycles. The summed E-state index contributed by atoms with van der Waals surface area (Å²) in [6.45, 7) is 13.7. The van der Waals surface area contributed by atoms with Crippen LogP contribution in [0, 0.1) is 13.8 Å². The molecule has 0 radical (unpaired) electrons. The van der Waals surface area contributed by atoms with Crippen molar-refractivity contribution in [2.45, 2.75) is 149 Å². The smallest absolute Gasteiger partial charge is 0.0462 e. The van der Waals surface area contributed by atoms with Crippen LogP contribution >= 0.6 is 0 Å². The van der Waals surface area contributed by atoms with E-state index in [0.29, 0.717) is 5.92 Å². The highest BCUT2D eigenvalue weighted by Gasteiger charge is 2.42. The molecule has 0 heterocycles. The number of nitrogens with zero attached hydrogens (tertiary/aromatic N) is 1. The number of aryl methyl sites for hydroxylation is 2. The molecule has 0 aliphatic heterocycles. The Morgan fingerprint density at radius 1 is 0.463 bits per heavy atom. The van der Waals surface area contributed by atoms with E-state index in [0.717, 1.165) is 0 Å². The summed E-state index contributed by atoms with van der Waals surface area (Å²) < 4.78 is 0. The summed E-state index contributed by atoms with van der Waals surface area (Å²) in [6.07, 6.45) is 19.8. The van der Waals surface area contributed by atoms with Crippen LogP contribution in [0.25, 0.3) is 22.3 Å². The third kappa shape index (κ3) is 9.05. The maximum atomic E-state index is 2.65. The summed E-state index contributed by atoms with van der Waals surface area (Å²) in [6, 6.07) is 42.2. The van der Waals surface area contributed by atoms with Gasteiger partial charge in [-0.3, -0.25) is 0 Å². The summed E-state index contributed by atoms with van der Waals surface area (Å²) in [5.74, 6) is 0.577. The van der Waals surface area contributed by atoms with Crippen LogP contribution in [-0.4, -0.2) is 0 Å². The normalized spacial score (nSPS) is 13.4. The van der Waals surface area contributed by atoms with Gasteiger partial charge in [0.25, 0.3) is 0 Å². The van der Waals surface area contributed by atoms with Crippen LogP contribution in [0.3, 0.4) is 0 Å². The number of anilines is 3. The van der Waals surface area contributed by atoms with Crippen LogP contribution in [0.2, 0.25) is 0 Å². The molecule has 1 unspecified atom stereocenters. The zero-order valence-electron chi connectivity index (χ0n) is 34.5. The van der Waals surface area contributed by atoms with Gasteiger partial charge in [0.15, 0.2) is 0 Å². The van der Waals surface area contributed by atoms with Gasteiger partial charge in [0.1, 0.15) is 0 Å². The van der Waals surface area contributed by atoms with E-state index in [1.807, 2.05) is 0 Å². The third-order valence-corrected chi connectivity index (χ3v) is 12.5. The van der Waals surface area contributed by atoms with Crippen LogP contribution in [0.5, 0.6) is 0 Å². The molecular formula is C53H67N. The number of unbranched alkanes of at least 4 members (excludes halogenated alkanes) is 10. The second kappa shape index (κ2) is 19.0. The van der Waals surface area contributed by atoms with Gasteiger partial charge in [-0.1, -0.05) is 183 Å². The Morgan fingerprint density at radius 3 is 1.39 bits per heavy atom. The molecule has 284 valence electrons. The molecule has 1 atom stereocenters. The zero-order valence-corrected chi connectivity index (χ0v) is 34.5. The summed E-state index contributed by atoms with van der Waals surface area (Å²) in [5.41, 5.74) is 16.5. The highest BCUT2D eigenvalue weighted by Crippen LogP contribution is 2.55.